The minimum atomic E-state index is -0.739. The third kappa shape index (κ3) is 9.82. The first-order valence-corrected chi connectivity index (χ1v) is 15.0. The third-order valence-electron chi connectivity index (χ3n) is 7.75. The van der Waals surface area contributed by atoms with Gasteiger partial charge in [-0.05, 0) is 44.7 Å². The number of methoxy groups -OCH3 is 1. The van der Waals surface area contributed by atoms with Gasteiger partial charge in [-0.3, -0.25) is 14.4 Å². The summed E-state index contributed by atoms with van der Waals surface area (Å²) in [6.07, 6.45) is 9.50. The van der Waals surface area contributed by atoms with Crippen LogP contribution in [0.15, 0.2) is 6.07 Å². The lowest BCUT2D eigenvalue weighted by atomic mass is 9.99. The number of carbonyl (C=O) groups is 3. The highest BCUT2D eigenvalue weighted by atomic mass is 35.5. The van der Waals surface area contributed by atoms with Crippen molar-refractivity contribution >= 4 is 35.1 Å². The summed E-state index contributed by atoms with van der Waals surface area (Å²) >= 11 is 6.27. The smallest absolute Gasteiger partial charge is 0.303 e. The number of carbonyl (C=O) groups excluding carboxylic acids is 2. The maximum Gasteiger partial charge on any atom is 0.303 e. The van der Waals surface area contributed by atoms with Crippen molar-refractivity contribution in [2.45, 2.75) is 89.2 Å². The van der Waals surface area contributed by atoms with Crippen molar-refractivity contribution in [2.24, 2.45) is 0 Å². The molecule has 5 N–H and O–H groups in total. The first kappa shape index (κ1) is 32.0. The van der Waals surface area contributed by atoms with Gasteiger partial charge in [0.1, 0.15) is 5.75 Å². The Morgan fingerprint density at radius 3 is 2.62 bits per heavy atom. The number of nitrogen functional groups attached to an aromatic ring is 1. The number of piperidine rings is 1. The van der Waals surface area contributed by atoms with E-state index in [0.29, 0.717) is 48.0 Å². The quantitative estimate of drug-likeness (QED) is 0.161. The van der Waals surface area contributed by atoms with Gasteiger partial charge in [0, 0.05) is 51.6 Å². The second kappa shape index (κ2) is 16.6. The Morgan fingerprint density at radius 1 is 1.12 bits per heavy atom. The van der Waals surface area contributed by atoms with Crippen LogP contribution in [0.1, 0.15) is 86.6 Å². The first-order valence-electron chi connectivity index (χ1n) is 14.6. The number of hydrogen-bond donors (Lipinski definition) is 4. The van der Waals surface area contributed by atoms with Crippen LogP contribution in [0.5, 0.6) is 5.75 Å². The number of anilines is 1. The van der Waals surface area contributed by atoms with Crippen LogP contribution in [0.25, 0.3) is 0 Å². The van der Waals surface area contributed by atoms with Gasteiger partial charge in [-0.15, -0.1) is 0 Å². The van der Waals surface area contributed by atoms with Crippen LogP contribution in [0, 0.1) is 0 Å². The summed E-state index contributed by atoms with van der Waals surface area (Å²) < 4.78 is 11.4. The number of unbranched alkanes of at least 4 members (excludes halogenated alkanes) is 6. The summed E-state index contributed by atoms with van der Waals surface area (Å²) in [7, 11) is 1.67. The molecule has 0 radical (unpaired) electrons. The van der Waals surface area contributed by atoms with E-state index in [2.05, 4.69) is 15.5 Å². The second-order valence-electron chi connectivity index (χ2n) is 10.7. The van der Waals surface area contributed by atoms with Crippen LogP contribution in [0.2, 0.25) is 5.02 Å². The minimum Gasteiger partial charge on any atom is -0.492 e. The highest BCUT2D eigenvalue weighted by Crippen LogP contribution is 2.38. The molecule has 0 saturated carbocycles. The van der Waals surface area contributed by atoms with Gasteiger partial charge in [-0.2, -0.15) is 0 Å². The number of aliphatic carboxylic acids is 1. The van der Waals surface area contributed by atoms with E-state index in [1.165, 1.54) is 0 Å². The van der Waals surface area contributed by atoms with Crippen molar-refractivity contribution < 1.29 is 29.0 Å². The lowest BCUT2D eigenvalue weighted by Gasteiger charge is -2.38. The molecule has 0 unspecified atom stereocenters. The normalized spacial score (nSPS) is 18.6. The number of nitrogens with zero attached hydrogens (tertiary/aromatic N) is 1. The van der Waals surface area contributed by atoms with Crippen LogP contribution in [-0.2, 0) is 20.7 Å². The van der Waals surface area contributed by atoms with E-state index in [1.807, 2.05) is 0 Å². The SMILES string of the molecule is CO[C@H]1CN(CCCCCC(=O)NCCCCCCCC(=O)O)CC[C@H]1NC(=O)c1cc(Cl)c(N)c2c1OCC2. The van der Waals surface area contributed by atoms with Crippen molar-refractivity contribution in [1.82, 2.24) is 15.5 Å². The zero-order valence-electron chi connectivity index (χ0n) is 23.6. The van der Waals surface area contributed by atoms with Crippen LogP contribution in [-0.4, -0.2) is 79.8 Å². The van der Waals surface area contributed by atoms with E-state index >= 15 is 0 Å². The van der Waals surface area contributed by atoms with Crippen LogP contribution in [0.4, 0.5) is 5.69 Å². The molecule has 11 heteroatoms. The van der Waals surface area contributed by atoms with E-state index in [-0.39, 0.29) is 30.4 Å². The molecule has 3 rings (SSSR count). The molecule has 2 aliphatic heterocycles. The molecule has 1 aromatic carbocycles. The highest BCUT2D eigenvalue weighted by molar-refractivity contribution is 6.33. The van der Waals surface area contributed by atoms with E-state index in [0.717, 1.165) is 83.0 Å². The molecule has 2 amide bonds. The summed E-state index contributed by atoms with van der Waals surface area (Å²) in [5, 5.41) is 15.1. The molecular weight excluding hydrogens is 536 g/mol. The Bertz CT molecular complexity index is 1010. The molecule has 2 atom stereocenters. The highest BCUT2D eigenvalue weighted by Gasteiger charge is 2.32. The van der Waals surface area contributed by atoms with Crippen LogP contribution >= 0.6 is 11.6 Å². The van der Waals surface area contributed by atoms with Crippen molar-refractivity contribution in [3.63, 3.8) is 0 Å². The molecule has 0 bridgehead atoms. The number of rotatable bonds is 17. The number of hydrogen-bond acceptors (Lipinski definition) is 7. The number of carboxylic acids is 1. The molecule has 40 heavy (non-hydrogen) atoms. The van der Waals surface area contributed by atoms with Crippen molar-refractivity contribution in [3.8, 4) is 5.75 Å². The van der Waals surface area contributed by atoms with Crippen molar-refractivity contribution in [3.05, 3.63) is 22.2 Å². The molecule has 1 aromatic rings. The van der Waals surface area contributed by atoms with E-state index in [9.17, 15) is 14.4 Å². The number of halogens is 1. The second-order valence-corrected chi connectivity index (χ2v) is 11.1. The van der Waals surface area contributed by atoms with Crippen LogP contribution in [0.3, 0.4) is 0 Å². The summed E-state index contributed by atoms with van der Waals surface area (Å²) in [6, 6.07) is 1.47. The van der Waals surface area contributed by atoms with Gasteiger partial charge in [0.05, 0.1) is 35.0 Å². The number of fused-ring (bicyclic) bond motifs is 1. The first-order chi connectivity index (χ1) is 19.3. The molecule has 0 aromatic heterocycles. The number of carboxylic acid groups (broad SMARTS) is 1. The Balaban J connectivity index is 1.28. The monoisotopic (exact) mass is 580 g/mol. The molecular formula is C29H45ClN4O6. The largest absolute Gasteiger partial charge is 0.492 e. The zero-order chi connectivity index (χ0) is 28.9. The summed E-state index contributed by atoms with van der Waals surface area (Å²) in [5.74, 6) is -0.337. The summed E-state index contributed by atoms with van der Waals surface area (Å²) in [6.45, 7) is 3.69. The maximum absolute atomic E-state index is 13.1. The topological polar surface area (TPSA) is 143 Å². The summed E-state index contributed by atoms with van der Waals surface area (Å²) in [4.78, 5) is 38.0. The fourth-order valence-electron chi connectivity index (χ4n) is 5.42. The average molecular weight is 581 g/mol. The minimum absolute atomic E-state index is 0.0975. The number of amides is 2. The predicted octanol–water partition coefficient (Wildman–Crippen LogP) is 3.78. The fourth-order valence-corrected chi connectivity index (χ4v) is 5.64. The molecule has 2 aliphatic rings. The fraction of sp³-hybridized carbons (Fsp3) is 0.690. The van der Waals surface area contributed by atoms with Gasteiger partial charge >= 0.3 is 5.97 Å². The van der Waals surface area contributed by atoms with E-state index < -0.39 is 5.97 Å². The molecule has 10 nitrogen and oxygen atoms in total. The number of ether oxygens (including phenoxy) is 2. The van der Waals surface area contributed by atoms with Crippen molar-refractivity contribution in [2.75, 3.05) is 45.6 Å². The molecule has 1 saturated heterocycles. The lowest BCUT2D eigenvalue weighted by molar-refractivity contribution is -0.137. The Morgan fingerprint density at radius 2 is 1.85 bits per heavy atom. The van der Waals surface area contributed by atoms with E-state index in [4.69, 9.17) is 31.9 Å². The number of nitrogens with one attached hydrogen (secondary N) is 2. The average Bonchev–Trinajstić information content (AvgIpc) is 3.42. The summed E-state index contributed by atoms with van der Waals surface area (Å²) in [5.41, 5.74) is 7.76. The van der Waals surface area contributed by atoms with Crippen molar-refractivity contribution in [1.29, 1.82) is 0 Å². The van der Waals surface area contributed by atoms with Gasteiger partial charge < -0.3 is 35.8 Å². The van der Waals surface area contributed by atoms with E-state index in [1.54, 1.807) is 13.2 Å². The van der Waals surface area contributed by atoms with Gasteiger partial charge in [0.25, 0.3) is 5.91 Å². The number of likely N-dealkylation sites (tertiary alicyclic amines) is 1. The number of benzene rings is 1. The lowest BCUT2D eigenvalue weighted by Crippen LogP contribution is -2.54. The van der Waals surface area contributed by atoms with Gasteiger partial charge in [0.15, 0.2) is 0 Å². The van der Waals surface area contributed by atoms with Gasteiger partial charge in [-0.25, -0.2) is 0 Å². The standard InChI is InChI=1S/C29H45ClN4O6/c1-39-24-19-34(15-9-5-6-10-25(35)32-14-8-4-2-3-7-11-26(36)37)16-12-23(24)33-29(38)21-18-22(30)27(31)20-13-17-40-28(20)21/h18,23-24H,2-17,19,31H2,1H3,(H,32,35)(H,33,38)(H,36,37)/t23-,24+/m1/s1. The number of nitrogens with two attached hydrogens (primary N) is 1. The third-order valence-corrected chi connectivity index (χ3v) is 8.06. The Kier molecular flexibility index (Phi) is 13.3. The Hall–Kier alpha value is -2.56. The molecule has 0 spiro atoms. The predicted molar refractivity (Wildman–Crippen MR) is 155 cm³/mol. The Labute approximate surface area is 242 Å². The maximum atomic E-state index is 13.1. The molecule has 224 valence electrons. The molecule has 0 aliphatic carbocycles. The molecule has 1 fully saturated rings. The van der Waals surface area contributed by atoms with Gasteiger partial charge in [-0.1, -0.05) is 37.3 Å². The van der Waals surface area contributed by atoms with Crippen LogP contribution < -0.4 is 21.1 Å². The van der Waals surface area contributed by atoms with Gasteiger partial charge in [0.2, 0.25) is 5.91 Å². The zero-order valence-corrected chi connectivity index (χ0v) is 24.4. The molecule has 2 heterocycles.